The molecule has 12 heteroatoms. The van der Waals surface area contributed by atoms with E-state index in [9.17, 15) is 21.6 Å². The second-order valence-electron chi connectivity index (χ2n) is 7.59. The lowest BCUT2D eigenvalue weighted by molar-refractivity contribution is -0.120. The van der Waals surface area contributed by atoms with E-state index in [-0.39, 0.29) is 35.6 Å². The summed E-state index contributed by atoms with van der Waals surface area (Å²) in [6.45, 7) is 3.91. The van der Waals surface area contributed by atoms with Crippen molar-refractivity contribution in [2.75, 3.05) is 39.6 Å². The first-order chi connectivity index (χ1) is 13.9. The number of rotatable bonds is 8. The van der Waals surface area contributed by atoms with E-state index in [0.717, 1.165) is 4.31 Å². The van der Waals surface area contributed by atoms with Crippen LogP contribution in [0.3, 0.4) is 0 Å². The van der Waals surface area contributed by atoms with Gasteiger partial charge in [0, 0.05) is 39.1 Å². The molecule has 0 atom stereocenters. The fourth-order valence-electron chi connectivity index (χ4n) is 3.14. The number of hydrogen-bond acceptors (Lipinski definition) is 6. The topological polar surface area (TPSA) is 125 Å². The lowest BCUT2D eigenvalue weighted by atomic mass is 9.97. The van der Waals surface area contributed by atoms with Gasteiger partial charge in [0.1, 0.15) is 5.75 Å². The number of anilines is 1. The maximum atomic E-state index is 12.8. The molecule has 30 heavy (non-hydrogen) atoms. The molecule has 0 spiro atoms. The molecule has 10 nitrogen and oxygen atoms in total. The van der Waals surface area contributed by atoms with Crippen LogP contribution >= 0.6 is 0 Å². The molecular formula is C18H30N4O6S2. The van der Waals surface area contributed by atoms with Crippen LogP contribution in [0.1, 0.15) is 26.7 Å². The Balaban J connectivity index is 2.14. The second kappa shape index (κ2) is 9.60. The lowest BCUT2D eigenvalue weighted by Crippen LogP contribution is -2.46. The first-order valence-electron chi connectivity index (χ1n) is 9.57. The summed E-state index contributed by atoms with van der Waals surface area (Å²) in [5, 5.41) is 2.74. The molecule has 1 fully saturated rings. The van der Waals surface area contributed by atoms with Crippen molar-refractivity contribution in [3.05, 3.63) is 18.2 Å². The Hall–Kier alpha value is -1.73. The number of sulfonamides is 1. The molecule has 1 aliphatic rings. The Morgan fingerprint density at radius 2 is 1.77 bits per heavy atom. The molecule has 1 heterocycles. The molecule has 1 saturated heterocycles. The standard InChI is InChI=1S/C18H30N4O6S2/c1-13(2)20-29(24,25)15-6-7-17(28-5)16(12-15)19-18(23)14-8-10-22(11-9-14)30(26,27)21(3)4/h6-7,12-14,20H,8-11H2,1-5H3,(H,19,23). The molecule has 1 amide bonds. The van der Waals surface area contributed by atoms with Crippen LogP contribution in [0, 0.1) is 5.92 Å². The van der Waals surface area contributed by atoms with Gasteiger partial charge in [0.25, 0.3) is 10.2 Å². The van der Waals surface area contributed by atoms with Crippen molar-refractivity contribution in [1.29, 1.82) is 0 Å². The Kier molecular flexibility index (Phi) is 7.85. The molecule has 1 aliphatic heterocycles. The molecule has 0 aromatic heterocycles. The average Bonchev–Trinajstić information content (AvgIpc) is 2.66. The highest BCUT2D eigenvalue weighted by molar-refractivity contribution is 7.89. The highest BCUT2D eigenvalue weighted by Gasteiger charge is 2.32. The molecule has 2 rings (SSSR count). The van der Waals surface area contributed by atoms with E-state index >= 15 is 0 Å². The molecule has 1 aromatic rings. The van der Waals surface area contributed by atoms with Gasteiger partial charge in [-0.2, -0.15) is 17.0 Å². The monoisotopic (exact) mass is 462 g/mol. The first kappa shape index (κ1) is 24.5. The molecule has 2 N–H and O–H groups in total. The predicted molar refractivity (Wildman–Crippen MR) is 114 cm³/mol. The Morgan fingerprint density at radius 3 is 2.27 bits per heavy atom. The van der Waals surface area contributed by atoms with Crippen LogP contribution in [-0.4, -0.2) is 71.7 Å². The smallest absolute Gasteiger partial charge is 0.281 e. The third-order valence-corrected chi connectivity index (χ3v) is 8.34. The summed E-state index contributed by atoms with van der Waals surface area (Å²) >= 11 is 0. The zero-order valence-electron chi connectivity index (χ0n) is 17.9. The summed E-state index contributed by atoms with van der Waals surface area (Å²) in [7, 11) is -2.88. The predicted octanol–water partition coefficient (Wildman–Crippen LogP) is 0.839. The van der Waals surface area contributed by atoms with Gasteiger partial charge >= 0.3 is 0 Å². The van der Waals surface area contributed by atoms with Gasteiger partial charge in [0.2, 0.25) is 15.9 Å². The molecule has 0 saturated carbocycles. The number of amides is 1. The molecule has 0 aliphatic carbocycles. The number of nitrogens with zero attached hydrogens (tertiary/aromatic N) is 2. The number of hydrogen-bond donors (Lipinski definition) is 2. The van der Waals surface area contributed by atoms with Gasteiger partial charge in [-0.1, -0.05) is 0 Å². The first-order valence-corrected chi connectivity index (χ1v) is 12.5. The van der Waals surface area contributed by atoms with Crippen LogP contribution in [0.5, 0.6) is 5.75 Å². The van der Waals surface area contributed by atoms with Gasteiger partial charge in [0.15, 0.2) is 0 Å². The maximum Gasteiger partial charge on any atom is 0.281 e. The fourth-order valence-corrected chi connectivity index (χ4v) is 5.56. The number of ether oxygens (including phenoxy) is 1. The van der Waals surface area contributed by atoms with Crippen LogP contribution < -0.4 is 14.8 Å². The summed E-state index contributed by atoms with van der Waals surface area (Å²) in [5.41, 5.74) is 0.248. The van der Waals surface area contributed by atoms with E-state index in [0.29, 0.717) is 18.6 Å². The van der Waals surface area contributed by atoms with E-state index in [1.54, 1.807) is 13.8 Å². The summed E-state index contributed by atoms with van der Waals surface area (Å²) in [4.78, 5) is 12.8. The van der Waals surface area contributed by atoms with E-state index in [4.69, 9.17) is 4.74 Å². The summed E-state index contributed by atoms with van der Waals surface area (Å²) in [5.74, 6) is -0.363. The molecule has 0 unspecified atom stereocenters. The van der Waals surface area contributed by atoms with Gasteiger partial charge < -0.3 is 10.1 Å². The molecular weight excluding hydrogens is 432 g/mol. The average molecular weight is 463 g/mol. The fraction of sp³-hybridized carbons (Fsp3) is 0.611. The number of nitrogens with one attached hydrogen (secondary N) is 2. The Bertz CT molecular complexity index is 968. The maximum absolute atomic E-state index is 12.8. The van der Waals surface area contributed by atoms with Gasteiger partial charge in [-0.25, -0.2) is 13.1 Å². The molecule has 0 radical (unpaired) electrons. The van der Waals surface area contributed by atoms with Crippen LogP contribution in [0.25, 0.3) is 0 Å². The normalized spacial score (nSPS) is 16.8. The number of piperidine rings is 1. The van der Waals surface area contributed by atoms with E-state index in [2.05, 4.69) is 10.0 Å². The number of carbonyl (C=O) groups is 1. The minimum atomic E-state index is -3.73. The highest BCUT2D eigenvalue weighted by Crippen LogP contribution is 2.29. The van der Waals surface area contributed by atoms with Crippen molar-refractivity contribution in [1.82, 2.24) is 13.3 Å². The van der Waals surface area contributed by atoms with Crippen molar-refractivity contribution in [2.24, 2.45) is 5.92 Å². The Labute approximate surface area is 178 Å². The summed E-state index contributed by atoms with van der Waals surface area (Å²) in [6, 6.07) is 3.96. The van der Waals surface area contributed by atoms with Crippen molar-refractivity contribution in [2.45, 2.75) is 37.6 Å². The summed E-state index contributed by atoms with van der Waals surface area (Å²) < 4.78 is 59.5. The van der Waals surface area contributed by atoms with Crippen LogP contribution in [-0.2, 0) is 25.0 Å². The summed E-state index contributed by atoms with van der Waals surface area (Å²) in [6.07, 6.45) is 0.738. The van der Waals surface area contributed by atoms with E-state index < -0.39 is 26.2 Å². The highest BCUT2D eigenvalue weighted by atomic mass is 32.2. The van der Waals surface area contributed by atoms with Crippen molar-refractivity contribution in [3.63, 3.8) is 0 Å². The number of carbonyl (C=O) groups excluding carboxylic acids is 1. The van der Waals surface area contributed by atoms with Crippen molar-refractivity contribution < 1.29 is 26.4 Å². The van der Waals surface area contributed by atoms with Crippen molar-refractivity contribution >= 4 is 31.8 Å². The van der Waals surface area contributed by atoms with Crippen LogP contribution in [0.2, 0.25) is 0 Å². The van der Waals surface area contributed by atoms with Gasteiger partial charge in [-0.3, -0.25) is 4.79 Å². The lowest BCUT2D eigenvalue weighted by Gasteiger charge is -2.32. The minimum absolute atomic E-state index is 0.0131. The van der Waals surface area contributed by atoms with Gasteiger partial charge in [-0.15, -0.1) is 0 Å². The van der Waals surface area contributed by atoms with Gasteiger partial charge in [-0.05, 0) is 44.9 Å². The Morgan fingerprint density at radius 1 is 1.17 bits per heavy atom. The zero-order chi connectivity index (χ0) is 22.7. The van der Waals surface area contributed by atoms with Crippen LogP contribution in [0.4, 0.5) is 5.69 Å². The van der Waals surface area contributed by atoms with E-state index in [1.807, 2.05) is 0 Å². The van der Waals surface area contributed by atoms with Crippen LogP contribution in [0.15, 0.2) is 23.1 Å². The largest absolute Gasteiger partial charge is 0.495 e. The number of benzene rings is 1. The van der Waals surface area contributed by atoms with Crippen molar-refractivity contribution in [3.8, 4) is 5.75 Å². The zero-order valence-corrected chi connectivity index (χ0v) is 19.5. The molecule has 0 bridgehead atoms. The second-order valence-corrected chi connectivity index (χ2v) is 11.4. The molecule has 170 valence electrons. The van der Waals surface area contributed by atoms with Gasteiger partial charge in [0.05, 0.1) is 17.7 Å². The third-order valence-electron chi connectivity index (χ3n) is 4.74. The quantitative estimate of drug-likeness (QED) is 0.590. The molecule has 1 aromatic carbocycles. The minimum Gasteiger partial charge on any atom is -0.495 e. The SMILES string of the molecule is COc1ccc(S(=O)(=O)NC(C)C)cc1NC(=O)C1CCN(S(=O)(=O)N(C)C)CC1. The third kappa shape index (κ3) is 5.70. The van der Waals surface area contributed by atoms with E-state index in [1.165, 1.54) is 43.7 Å². The number of methoxy groups -OCH3 is 1.